The van der Waals surface area contributed by atoms with Gasteiger partial charge in [0.1, 0.15) is 5.75 Å². The maximum Gasteiger partial charge on any atom is 0.255 e. The second-order valence-electron chi connectivity index (χ2n) is 5.20. The zero-order valence-electron chi connectivity index (χ0n) is 11.7. The number of carbonyl (C=O) groups is 1. The minimum atomic E-state index is -0.185. The molecule has 20 heavy (non-hydrogen) atoms. The van der Waals surface area contributed by atoms with Crippen molar-refractivity contribution < 1.29 is 9.53 Å². The molecule has 0 aromatic heterocycles. The van der Waals surface area contributed by atoms with E-state index in [1.165, 1.54) is 12.8 Å². The van der Waals surface area contributed by atoms with E-state index in [0.717, 1.165) is 6.42 Å². The second-order valence-corrected chi connectivity index (χ2v) is 5.64. The topological polar surface area (TPSA) is 64.3 Å². The summed E-state index contributed by atoms with van der Waals surface area (Å²) in [6.07, 6.45) is 3.22. The molecule has 0 bridgehead atoms. The van der Waals surface area contributed by atoms with Gasteiger partial charge in [0, 0.05) is 17.6 Å². The summed E-state index contributed by atoms with van der Waals surface area (Å²) in [5.74, 6) is 0.939. The number of amides is 1. The first-order valence-corrected chi connectivity index (χ1v) is 7.45. The smallest absolute Gasteiger partial charge is 0.255 e. The molecule has 0 spiro atoms. The van der Waals surface area contributed by atoms with Crippen LogP contribution in [-0.2, 0) is 0 Å². The van der Waals surface area contributed by atoms with Crippen molar-refractivity contribution in [2.75, 3.05) is 13.2 Å². The van der Waals surface area contributed by atoms with E-state index in [1.54, 1.807) is 18.2 Å². The van der Waals surface area contributed by atoms with Crippen LogP contribution in [0, 0.1) is 5.92 Å². The number of ether oxygens (including phenoxy) is 1. The van der Waals surface area contributed by atoms with Crippen LogP contribution in [0.1, 0.15) is 36.5 Å². The highest BCUT2D eigenvalue weighted by atomic mass is 35.5. The molecule has 1 aromatic carbocycles. The molecule has 110 valence electrons. The lowest BCUT2D eigenvalue weighted by Gasteiger charge is -2.14. The SMILES string of the molecule is CCCOc1ccc(Cl)cc1C(=O)NCC(N)C1CC1. The first kappa shape index (κ1) is 15.1. The monoisotopic (exact) mass is 296 g/mol. The van der Waals surface area contributed by atoms with Gasteiger partial charge in [-0.1, -0.05) is 18.5 Å². The van der Waals surface area contributed by atoms with Crippen LogP contribution in [0.3, 0.4) is 0 Å². The van der Waals surface area contributed by atoms with Crippen LogP contribution >= 0.6 is 11.6 Å². The van der Waals surface area contributed by atoms with E-state index in [1.807, 2.05) is 6.92 Å². The molecule has 1 saturated carbocycles. The van der Waals surface area contributed by atoms with Crippen molar-refractivity contribution in [1.82, 2.24) is 5.32 Å². The Morgan fingerprint density at radius 2 is 2.30 bits per heavy atom. The van der Waals surface area contributed by atoms with Gasteiger partial charge in [-0.05, 0) is 43.4 Å². The molecule has 3 N–H and O–H groups in total. The number of benzene rings is 1. The van der Waals surface area contributed by atoms with Gasteiger partial charge in [0.15, 0.2) is 0 Å². The molecule has 1 amide bonds. The lowest BCUT2D eigenvalue weighted by molar-refractivity contribution is 0.0946. The molecule has 0 heterocycles. The van der Waals surface area contributed by atoms with Gasteiger partial charge in [0.05, 0.1) is 12.2 Å². The van der Waals surface area contributed by atoms with Gasteiger partial charge in [-0.15, -0.1) is 0 Å². The summed E-state index contributed by atoms with van der Waals surface area (Å²) in [5.41, 5.74) is 6.45. The second kappa shape index (κ2) is 6.95. The van der Waals surface area contributed by atoms with Gasteiger partial charge in [-0.3, -0.25) is 4.79 Å². The molecule has 0 radical (unpaired) electrons. The van der Waals surface area contributed by atoms with E-state index >= 15 is 0 Å². The van der Waals surface area contributed by atoms with Crippen LogP contribution in [0.25, 0.3) is 0 Å². The standard InChI is InChI=1S/C15H21ClN2O2/c1-2-7-20-14-6-5-11(16)8-12(14)15(19)18-9-13(17)10-3-4-10/h5-6,8,10,13H,2-4,7,9,17H2,1H3,(H,18,19). The number of rotatable bonds is 7. The molecule has 1 fully saturated rings. The summed E-state index contributed by atoms with van der Waals surface area (Å²) in [6.45, 7) is 3.08. The van der Waals surface area contributed by atoms with Crippen molar-refractivity contribution in [3.63, 3.8) is 0 Å². The Bertz CT molecular complexity index is 475. The number of hydrogen-bond acceptors (Lipinski definition) is 3. The Kier molecular flexibility index (Phi) is 5.26. The lowest BCUT2D eigenvalue weighted by Crippen LogP contribution is -2.38. The van der Waals surface area contributed by atoms with E-state index in [4.69, 9.17) is 22.1 Å². The van der Waals surface area contributed by atoms with Gasteiger partial charge in [0.25, 0.3) is 5.91 Å². The number of carbonyl (C=O) groups excluding carboxylic acids is 1. The predicted octanol–water partition coefficient (Wildman–Crippen LogP) is 2.60. The van der Waals surface area contributed by atoms with Crippen molar-refractivity contribution in [2.45, 2.75) is 32.2 Å². The first-order valence-electron chi connectivity index (χ1n) is 7.08. The minimum absolute atomic E-state index is 0.0399. The molecule has 1 atom stereocenters. The van der Waals surface area contributed by atoms with Crippen molar-refractivity contribution in [3.05, 3.63) is 28.8 Å². The highest BCUT2D eigenvalue weighted by Gasteiger charge is 2.28. The fourth-order valence-corrected chi connectivity index (χ4v) is 2.19. The number of nitrogens with one attached hydrogen (secondary N) is 1. The lowest BCUT2D eigenvalue weighted by atomic mass is 10.1. The quantitative estimate of drug-likeness (QED) is 0.813. The molecule has 1 aliphatic rings. The number of halogens is 1. The summed E-state index contributed by atoms with van der Waals surface area (Å²) in [6, 6.07) is 5.12. The van der Waals surface area contributed by atoms with Crippen LogP contribution in [-0.4, -0.2) is 25.1 Å². The van der Waals surface area contributed by atoms with Crippen LogP contribution in [0.5, 0.6) is 5.75 Å². The zero-order valence-corrected chi connectivity index (χ0v) is 12.5. The van der Waals surface area contributed by atoms with E-state index in [-0.39, 0.29) is 11.9 Å². The average Bonchev–Trinajstić information content (AvgIpc) is 3.27. The van der Waals surface area contributed by atoms with E-state index in [2.05, 4.69) is 5.32 Å². The van der Waals surface area contributed by atoms with E-state index < -0.39 is 0 Å². The summed E-state index contributed by atoms with van der Waals surface area (Å²) < 4.78 is 5.58. The summed E-state index contributed by atoms with van der Waals surface area (Å²) in [5, 5.41) is 3.38. The molecule has 2 rings (SSSR count). The largest absolute Gasteiger partial charge is 0.493 e. The Hall–Kier alpha value is -1.26. The normalized spacial score (nSPS) is 15.8. The van der Waals surface area contributed by atoms with Gasteiger partial charge in [0.2, 0.25) is 0 Å². The summed E-state index contributed by atoms with van der Waals surface area (Å²) in [4.78, 5) is 12.2. The third-order valence-corrected chi connectivity index (χ3v) is 3.61. The molecule has 5 heteroatoms. The Morgan fingerprint density at radius 1 is 1.55 bits per heavy atom. The van der Waals surface area contributed by atoms with Crippen molar-refractivity contribution in [2.24, 2.45) is 11.7 Å². The number of nitrogens with two attached hydrogens (primary N) is 1. The van der Waals surface area contributed by atoms with Gasteiger partial charge < -0.3 is 15.8 Å². The first-order chi connectivity index (χ1) is 9.61. The van der Waals surface area contributed by atoms with Gasteiger partial charge in [-0.25, -0.2) is 0 Å². The predicted molar refractivity (Wildman–Crippen MR) is 80.3 cm³/mol. The summed E-state index contributed by atoms with van der Waals surface area (Å²) in [7, 11) is 0. The molecule has 4 nitrogen and oxygen atoms in total. The Labute approximate surface area is 124 Å². The molecular formula is C15H21ClN2O2. The maximum absolute atomic E-state index is 12.2. The fraction of sp³-hybridized carbons (Fsp3) is 0.533. The van der Waals surface area contributed by atoms with Gasteiger partial charge >= 0.3 is 0 Å². The molecule has 1 aliphatic carbocycles. The van der Waals surface area contributed by atoms with Crippen LogP contribution in [0.4, 0.5) is 0 Å². The molecule has 0 saturated heterocycles. The Morgan fingerprint density at radius 3 is 2.95 bits per heavy atom. The van der Waals surface area contributed by atoms with Gasteiger partial charge in [-0.2, -0.15) is 0 Å². The number of hydrogen-bond donors (Lipinski definition) is 2. The van der Waals surface area contributed by atoms with Crippen molar-refractivity contribution in [1.29, 1.82) is 0 Å². The van der Waals surface area contributed by atoms with Crippen molar-refractivity contribution in [3.8, 4) is 5.75 Å². The average molecular weight is 297 g/mol. The molecule has 0 aliphatic heterocycles. The molecular weight excluding hydrogens is 276 g/mol. The highest BCUT2D eigenvalue weighted by Crippen LogP contribution is 2.31. The minimum Gasteiger partial charge on any atom is -0.493 e. The third-order valence-electron chi connectivity index (χ3n) is 3.37. The van der Waals surface area contributed by atoms with E-state index in [9.17, 15) is 4.79 Å². The third kappa shape index (κ3) is 4.12. The van der Waals surface area contributed by atoms with Crippen LogP contribution in [0.2, 0.25) is 5.02 Å². The zero-order chi connectivity index (χ0) is 14.5. The maximum atomic E-state index is 12.2. The molecule has 1 aromatic rings. The van der Waals surface area contributed by atoms with Crippen molar-refractivity contribution >= 4 is 17.5 Å². The Balaban J connectivity index is 2.00. The van der Waals surface area contributed by atoms with Crippen LogP contribution < -0.4 is 15.8 Å². The van der Waals surface area contributed by atoms with Crippen LogP contribution in [0.15, 0.2) is 18.2 Å². The van der Waals surface area contributed by atoms with E-state index in [0.29, 0.717) is 35.4 Å². The summed E-state index contributed by atoms with van der Waals surface area (Å²) >= 11 is 5.96. The molecule has 1 unspecified atom stereocenters. The highest BCUT2D eigenvalue weighted by molar-refractivity contribution is 6.31. The fourth-order valence-electron chi connectivity index (χ4n) is 2.01.